The summed E-state index contributed by atoms with van der Waals surface area (Å²) in [6, 6.07) is 0. The van der Waals surface area contributed by atoms with Gasteiger partial charge in [0.2, 0.25) is 11.8 Å². The highest BCUT2D eigenvalue weighted by atomic mass is 16.4. The van der Waals surface area contributed by atoms with E-state index in [4.69, 9.17) is 5.11 Å². The number of carbonyl (C=O) groups is 3. The summed E-state index contributed by atoms with van der Waals surface area (Å²) >= 11 is 0. The van der Waals surface area contributed by atoms with Crippen LogP contribution < -0.4 is 10.6 Å². The van der Waals surface area contributed by atoms with E-state index in [0.29, 0.717) is 25.2 Å². The molecule has 9 heteroatoms. The van der Waals surface area contributed by atoms with Crippen molar-refractivity contribution in [3.63, 3.8) is 0 Å². The summed E-state index contributed by atoms with van der Waals surface area (Å²) < 4.78 is 0. The molecule has 0 aromatic heterocycles. The number of aliphatic hydroxyl groups excluding tert-OH is 3. The summed E-state index contributed by atoms with van der Waals surface area (Å²) in [6.45, 7) is 7.04. The van der Waals surface area contributed by atoms with Gasteiger partial charge in [-0.3, -0.25) is 14.4 Å². The molecule has 0 saturated heterocycles. The molecule has 4 aliphatic carbocycles. The molecule has 0 bridgehead atoms. The quantitative estimate of drug-likeness (QED) is 0.244. The fourth-order valence-electron chi connectivity index (χ4n) is 9.49. The molecular formula is C30H50N2O7. The van der Waals surface area contributed by atoms with E-state index in [1.54, 1.807) is 0 Å². The van der Waals surface area contributed by atoms with E-state index in [9.17, 15) is 29.7 Å². The summed E-state index contributed by atoms with van der Waals surface area (Å²) in [7, 11) is 0. The first-order valence-electron chi connectivity index (χ1n) is 15.2. The van der Waals surface area contributed by atoms with E-state index in [2.05, 4.69) is 31.4 Å². The number of carbonyl (C=O) groups excluding carboxylic acids is 2. The second-order valence-corrected chi connectivity index (χ2v) is 13.6. The maximum atomic E-state index is 12.5. The van der Waals surface area contributed by atoms with Crippen LogP contribution in [0.15, 0.2) is 0 Å². The minimum atomic E-state index is -0.969. The second-order valence-electron chi connectivity index (χ2n) is 13.6. The molecule has 0 aliphatic heterocycles. The lowest BCUT2D eigenvalue weighted by atomic mass is 9.43. The molecule has 0 heterocycles. The number of fused-ring (bicyclic) bond motifs is 5. The van der Waals surface area contributed by atoms with Crippen molar-refractivity contribution in [1.29, 1.82) is 0 Å². The largest absolute Gasteiger partial charge is 0.481 e. The summed E-state index contributed by atoms with van der Waals surface area (Å²) in [6.07, 6.45) is 5.88. The van der Waals surface area contributed by atoms with Crippen LogP contribution in [0.5, 0.6) is 0 Å². The molecule has 4 saturated carbocycles. The third kappa shape index (κ3) is 6.01. The lowest BCUT2D eigenvalue weighted by molar-refractivity contribution is -0.207. The van der Waals surface area contributed by atoms with Gasteiger partial charge in [0.1, 0.15) is 0 Å². The van der Waals surface area contributed by atoms with Gasteiger partial charge in [0.05, 0.1) is 24.7 Å². The molecule has 2 amide bonds. The molecule has 4 rings (SSSR count). The van der Waals surface area contributed by atoms with Crippen LogP contribution in [0, 0.1) is 46.3 Å². The van der Waals surface area contributed by atoms with Gasteiger partial charge in [-0.05, 0) is 97.7 Å². The van der Waals surface area contributed by atoms with Crippen LogP contribution >= 0.6 is 0 Å². The smallest absolute Gasteiger partial charge is 0.305 e. The van der Waals surface area contributed by atoms with Gasteiger partial charge in [-0.15, -0.1) is 0 Å². The Labute approximate surface area is 232 Å². The number of carboxylic acids is 1. The number of rotatable bonds is 10. The molecule has 0 aromatic rings. The minimum Gasteiger partial charge on any atom is -0.481 e. The Morgan fingerprint density at radius 1 is 0.872 bits per heavy atom. The van der Waals surface area contributed by atoms with E-state index in [1.807, 2.05) is 0 Å². The van der Waals surface area contributed by atoms with Gasteiger partial charge in [0, 0.05) is 25.9 Å². The van der Waals surface area contributed by atoms with Crippen LogP contribution in [0.4, 0.5) is 0 Å². The van der Waals surface area contributed by atoms with E-state index in [-0.39, 0.29) is 84.3 Å². The summed E-state index contributed by atoms with van der Waals surface area (Å²) in [5, 5.41) is 47.4. The molecule has 11 atom stereocenters. The number of hydrogen-bond donors (Lipinski definition) is 6. The second kappa shape index (κ2) is 12.0. The lowest BCUT2D eigenvalue weighted by Gasteiger charge is -2.63. The van der Waals surface area contributed by atoms with Gasteiger partial charge in [-0.25, -0.2) is 0 Å². The fraction of sp³-hybridized carbons (Fsp3) is 0.900. The van der Waals surface area contributed by atoms with E-state index in [0.717, 1.165) is 38.5 Å². The summed E-state index contributed by atoms with van der Waals surface area (Å²) in [5.74, 6) is 0.168. The average molecular weight is 551 g/mol. The standard InChI is InChI=1S/C30H50N2O7/c1-17(4-7-25(36)31-12-9-26(37)32-13-10-27(38)39)20-5-6-21-28-22(16-24(35)30(20,21)3)29(2)11-8-19(33)14-18(29)15-23(28)34/h17-24,28,33-35H,4-16H2,1-3H3,(H,31,36)(H,32,37)(H,38,39)/t17?,18?,19-,20-,21?,22?,23-,24+,28?,29+,30-/m1/s1. The number of aliphatic carboxylic acids is 1. The predicted octanol–water partition coefficient (Wildman–Crippen LogP) is 2.46. The van der Waals surface area contributed by atoms with Gasteiger partial charge in [0.25, 0.3) is 0 Å². The molecule has 222 valence electrons. The lowest BCUT2D eigenvalue weighted by Crippen LogP contribution is -2.62. The average Bonchev–Trinajstić information content (AvgIpc) is 3.22. The topological polar surface area (TPSA) is 156 Å². The molecule has 0 aromatic carbocycles. The Hall–Kier alpha value is -1.71. The summed E-state index contributed by atoms with van der Waals surface area (Å²) in [4.78, 5) is 34.8. The third-order valence-electron chi connectivity index (χ3n) is 11.7. The Morgan fingerprint density at radius 3 is 2.23 bits per heavy atom. The van der Waals surface area contributed by atoms with E-state index < -0.39 is 18.2 Å². The number of nitrogens with one attached hydrogen (secondary N) is 2. The first kappa shape index (κ1) is 30.3. The molecule has 9 nitrogen and oxygen atoms in total. The van der Waals surface area contributed by atoms with Crippen LogP contribution in [0.3, 0.4) is 0 Å². The van der Waals surface area contributed by atoms with Crippen molar-refractivity contribution < 1.29 is 34.8 Å². The summed E-state index contributed by atoms with van der Waals surface area (Å²) in [5.41, 5.74) is -0.232. The third-order valence-corrected chi connectivity index (χ3v) is 11.7. The predicted molar refractivity (Wildman–Crippen MR) is 145 cm³/mol. The monoisotopic (exact) mass is 550 g/mol. The van der Waals surface area contributed by atoms with Crippen LogP contribution in [0.25, 0.3) is 0 Å². The van der Waals surface area contributed by atoms with Crippen molar-refractivity contribution in [3.8, 4) is 0 Å². The SMILES string of the molecule is CC(CCC(=O)NCCC(=O)NCCC(=O)O)[C@H]1CCC2C3C(C[C@H](O)[C@@]21C)[C@@]1(C)CC[C@@H](O)CC1C[C@H]3O. The van der Waals surface area contributed by atoms with Crippen molar-refractivity contribution in [2.75, 3.05) is 13.1 Å². The van der Waals surface area contributed by atoms with Gasteiger partial charge < -0.3 is 31.1 Å². The van der Waals surface area contributed by atoms with Crippen molar-refractivity contribution >= 4 is 17.8 Å². The Balaban J connectivity index is 1.31. The molecule has 6 N–H and O–H groups in total. The van der Waals surface area contributed by atoms with Crippen molar-refractivity contribution in [1.82, 2.24) is 10.6 Å². The van der Waals surface area contributed by atoms with Gasteiger partial charge in [-0.2, -0.15) is 0 Å². The molecular weight excluding hydrogens is 500 g/mol. The normalized spacial score (nSPS) is 42.0. The molecule has 0 radical (unpaired) electrons. The Kier molecular flexibility index (Phi) is 9.33. The molecule has 4 fully saturated rings. The highest BCUT2D eigenvalue weighted by molar-refractivity contribution is 5.79. The van der Waals surface area contributed by atoms with Crippen LogP contribution in [0.1, 0.15) is 91.4 Å². The number of aliphatic hydroxyl groups is 3. The maximum absolute atomic E-state index is 12.5. The van der Waals surface area contributed by atoms with Crippen molar-refractivity contribution in [2.24, 2.45) is 46.3 Å². The fourth-order valence-corrected chi connectivity index (χ4v) is 9.49. The molecule has 0 spiro atoms. The number of hydrogen-bond acceptors (Lipinski definition) is 6. The minimum absolute atomic E-state index is 0.0559. The van der Waals surface area contributed by atoms with Crippen molar-refractivity contribution in [3.05, 3.63) is 0 Å². The molecule has 5 unspecified atom stereocenters. The Morgan fingerprint density at radius 2 is 1.54 bits per heavy atom. The molecule has 4 aliphatic rings. The maximum Gasteiger partial charge on any atom is 0.305 e. The Bertz CT molecular complexity index is 914. The van der Waals surface area contributed by atoms with Crippen LogP contribution in [-0.4, -0.2) is 69.6 Å². The van der Waals surface area contributed by atoms with Gasteiger partial charge in [0.15, 0.2) is 0 Å². The van der Waals surface area contributed by atoms with Gasteiger partial charge >= 0.3 is 5.97 Å². The number of carboxylic acid groups (broad SMARTS) is 1. The van der Waals surface area contributed by atoms with Crippen LogP contribution in [-0.2, 0) is 14.4 Å². The first-order chi connectivity index (χ1) is 18.4. The van der Waals surface area contributed by atoms with E-state index in [1.165, 1.54) is 0 Å². The van der Waals surface area contributed by atoms with Gasteiger partial charge in [-0.1, -0.05) is 20.8 Å². The molecule has 39 heavy (non-hydrogen) atoms. The highest BCUT2D eigenvalue weighted by Gasteiger charge is 2.65. The van der Waals surface area contributed by atoms with Crippen LogP contribution in [0.2, 0.25) is 0 Å². The number of amides is 2. The van der Waals surface area contributed by atoms with E-state index >= 15 is 0 Å². The zero-order valence-corrected chi connectivity index (χ0v) is 23.9. The highest BCUT2D eigenvalue weighted by Crippen LogP contribution is 2.68. The first-order valence-corrected chi connectivity index (χ1v) is 15.2. The zero-order chi connectivity index (χ0) is 28.5. The zero-order valence-electron chi connectivity index (χ0n) is 23.9. The van der Waals surface area contributed by atoms with Crippen molar-refractivity contribution in [2.45, 2.75) is 110 Å².